The van der Waals surface area contributed by atoms with Crippen LogP contribution in [0.25, 0.3) is 10.1 Å². The van der Waals surface area contributed by atoms with Gasteiger partial charge in [0.05, 0.1) is 12.0 Å². The molecule has 1 unspecified atom stereocenters. The van der Waals surface area contributed by atoms with Crippen molar-refractivity contribution in [3.63, 3.8) is 0 Å². The number of hydrogen-bond donors (Lipinski definition) is 0. The average Bonchev–Trinajstić information content (AvgIpc) is 3.04. The number of methoxy groups -OCH3 is 1. The third-order valence-electron chi connectivity index (χ3n) is 3.71. The molecule has 24 heavy (non-hydrogen) atoms. The van der Waals surface area contributed by atoms with Crippen LogP contribution in [0, 0.1) is 0 Å². The molecule has 0 aliphatic heterocycles. The number of halogens is 1. The summed E-state index contributed by atoms with van der Waals surface area (Å²) in [6, 6.07) is 17.0. The maximum atomic E-state index is 12.5. The molecule has 3 rings (SSSR count). The van der Waals surface area contributed by atoms with Gasteiger partial charge in [-0.25, -0.2) is 0 Å². The minimum absolute atomic E-state index is 0.0168. The summed E-state index contributed by atoms with van der Waals surface area (Å²) >= 11 is 7.49. The second-order valence-electron chi connectivity index (χ2n) is 5.37. The number of benzene rings is 2. The van der Waals surface area contributed by atoms with E-state index in [0.29, 0.717) is 16.9 Å². The van der Waals surface area contributed by atoms with E-state index in [4.69, 9.17) is 11.6 Å². The van der Waals surface area contributed by atoms with Crippen molar-refractivity contribution in [2.24, 2.45) is 0 Å². The molecule has 0 bridgehead atoms. The fourth-order valence-electron chi connectivity index (χ4n) is 2.48. The summed E-state index contributed by atoms with van der Waals surface area (Å²) in [5, 5.41) is 0.266. The highest BCUT2D eigenvalue weighted by molar-refractivity contribution is 7.21. The molecule has 0 amide bonds. The molecule has 0 aliphatic rings. The maximum absolute atomic E-state index is 12.5. The van der Waals surface area contributed by atoms with Crippen molar-refractivity contribution in [3.8, 4) is 0 Å². The number of carbonyl (C=O) groups excluding carboxylic acids is 2. The number of alkyl halides is 1. The van der Waals surface area contributed by atoms with Crippen LogP contribution < -0.4 is 0 Å². The third-order valence-corrected chi connectivity index (χ3v) is 5.16. The van der Waals surface area contributed by atoms with Crippen LogP contribution in [0.4, 0.5) is 0 Å². The first kappa shape index (κ1) is 16.7. The van der Waals surface area contributed by atoms with Gasteiger partial charge in [-0.05, 0) is 29.5 Å². The molecule has 0 saturated carbocycles. The summed E-state index contributed by atoms with van der Waals surface area (Å²) in [5.41, 5.74) is 1.61. The monoisotopic (exact) mass is 358 g/mol. The lowest BCUT2D eigenvalue weighted by Gasteiger charge is -2.07. The molecule has 5 heteroatoms. The molecule has 122 valence electrons. The smallest absolute Gasteiger partial charge is 0.324 e. The van der Waals surface area contributed by atoms with Gasteiger partial charge in [0.25, 0.3) is 0 Å². The topological polar surface area (TPSA) is 43.4 Å². The molecule has 2 aromatic carbocycles. The van der Waals surface area contributed by atoms with Crippen LogP contribution in [-0.2, 0) is 16.0 Å². The van der Waals surface area contributed by atoms with Gasteiger partial charge in [-0.15, -0.1) is 22.9 Å². The Labute approximate surface area is 148 Å². The Bertz CT molecular complexity index is 886. The predicted octanol–water partition coefficient (Wildman–Crippen LogP) is 4.46. The van der Waals surface area contributed by atoms with E-state index in [1.807, 2.05) is 54.6 Å². The lowest BCUT2D eigenvalue weighted by atomic mass is 10.1. The van der Waals surface area contributed by atoms with Crippen molar-refractivity contribution < 1.29 is 14.3 Å². The molecule has 0 radical (unpaired) electrons. The SMILES string of the molecule is COC(=O)C(Cl)Cc1ccc2sc(C(=O)c3ccccc3)cc2c1. The minimum atomic E-state index is -0.712. The van der Waals surface area contributed by atoms with Crippen LogP contribution in [0.15, 0.2) is 54.6 Å². The first-order valence-corrected chi connectivity index (χ1v) is 8.68. The number of thiophene rings is 1. The fraction of sp³-hybridized carbons (Fsp3) is 0.158. The van der Waals surface area contributed by atoms with Gasteiger partial charge in [0.1, 0.15) is 5.38 Å². The summed E-state index contributed by atoms with van der Waals surface area (Å²) in [5.74, 6) is -0.426. The van der Waals surface area contributed by atoms with Crippen LogP contribution in [0.2, 0.25) is 0 Å². The summed E-state index contributed by atoms with van der Waals surface area (Å²) in [6.07, 6.45) is 0.391. The number of ether oxygens (including phenoxy) is 1. The standard InChI is InChI=1S/C19H15ClO3S/c1-23-19(22)15(20)10-12-7-8-16-14(9-12)11-17(24-16)18(21)13-5-3-2-4-6-13/h2-9,11,15H,10H2,1H3. The Hall–Kier alpha value is -2.17. The van der Waals surface area contributed by atoms with E-state index in [1.54, 1.807) is 0 Å². The van der Waals surface area contributed by atoms with Gasteiger partial charge in [0.2, 0.25) is 5.78 Å². The zero-order valence-corrected chi connectivity index (χ0v) is 14.6. The van der Waals surface area contributed by atoms with Crippen molar-refractivity contribution in [3.05, 3.63) is 70.6 Å². The quantitative estimate of drug-likeness (QED) is 0.384. The summed E-state index contributed by atoms with van der Waals surface area (Å²) in [6.45, 7) is 0. The van der Waals surface area contributed by atoms with Gasteiger partial charge in [-0.2, -0.15) is 0 Å². The van der Waals surface area contributed by atoms with E-state index in [2.05, 4.69) is 4.74 Å². The van der Waals surface area contributed by atoms with Gasteiger partial charge >= 0.3 is 5.97 Å². The normalized spacial score (nSPS) is 12.1. The zero-order chi connectivity index (χ0) is 17.1. The third kappa shape index (κ3) is 3.50. The number of ketones is 1. The van der Waals surface area contributed by atoms with E-state index in [0.717, 1.165) is 15.6 Å². The molecule has 0 N–H and O–H groups in total. The van der Waals surface area contributed by atoms with Crippen LogP contribution in [0.1, 0.15) is 20.8 Å². The number of fused-ring (bicyclic) bond motifs is 1. The molecule has 1 atom stereocenters. The van der Waals surface area contributed by atoms with E-state index in [1.165, 1.54) is 18.4 Å². The van der Waals surface area contributed by atoms with Crippen LogP contribution in [0.5, 0.6) is 0 Å². The number of rotatable bonds is 5. The molecular weight excluding hydrogens is 344 g/mol. The first-order valence-electron chi connectivity index (χ1n) is 7.42. The van der Waals surface area contributed by atoms with Crippen LogP contribution in [-0.4, -0.2) is 24.2 Å². The minimum Gasteiger partial charge on any atom is -0.468 e. The predicted molar refractivity (Wildman–Crippen MR) is 97.1 cm³/mol. The molecule has 0 saturated heterocycles. The Balaban J connectivity index is 1.87. The second-order valence-corrected chi connectivity index (χ2v) is 6.98. The number of carbonyl (C=O) groups is 2. The van der Waals surface area contributed by atoms with Crippen LogP contribution in [0.3, 0.4) is 0 Å². The molecule has 3 aromatic rings. The molecule has 0 spiro atoms. The van der Waals surface area contributed by atoms with Gasteiger partial charge in [-0.3, -0.25) is 9.59 Å². The average molecular weight is 359 g/mol. The number of hydrogen-bond acceptors (Lipinski definition) is 4. The molecule has 0 aliphatic carbocycles. The van der Waals surface area contributed by atoms with E-state index in [9.17, 15) is 9.59 Å². The highest BCUT2D eigenvalue weighted by atomic mass is 35.5. The van der Waals surface area contributed by atoms with Gasteiger partial charge < -0.3 is 4.74 Å². The molecule has 1 aromatic heterocycles. The van der Waals surface area contributed by atoms with Crippen molar-refractivity contribution in [1.82, 2.24) is 0 Å². The first-order chi connectivity index (χ1) is 11.6. The van der Waals surface area contributed by atoms with E-state index >= 15 is 0 Å². The van der Waals surface area contributed by atoms with Crippen molar-refractivity contribution in [1.29, 1.82) is 0 Å². The maximum Gasteiger partial charge on any atom is 0.324 e. The second kappa shape index (κ2) is 7.16. The van der Waals surface area contributed by atoms with Gasteiger partial charge in [0, 0.05) is 10.3 Å². The van der Waals surface area contributed by atoms with E-state index < -0.39 is 11.3 Å². The highest BCUT2D eigenvalue weighted by Crippen LogP contribution is 2.29. The Morgan fingerprint density at radius 3 is 2.58 bits per heavy atom. The highest BCUT2D eigenvalue weighted by Gasteiger charge is 2.17. The Morgan fingerprint density at radius 1 is 1.12 bits per heavy atom. The number of esters is 1. The van der Waals surface area contributed by atoms with Crippen molar-refractivity contribution >= 4 is 44.8 Å². The molecule has 1 heterocycles. The van der Waals surface area contributed by atoms with E-state index in [-0.39, 0.29) is 5.78 Å². The lowest BCUT2D eigenvalue weighted by molar-refractivity contribution is -0.140. The molecular formula is C19H15ClO3S. The fourth-order valence-corrected chi connectivity index (χ4v) is 3.75. The van der Waals surface area contributed by atoms with Crippen molar-refractivity contribution in [2.75, 3.05) is 7.11 Å². The van der Waals surface area contributed by atoms with Gasteiger partial charge in [-0.1, -0.05) is 42.5 Å². The zero-order valence-electron chi connectivity index (χ0n) is 13.0. The summed E-state index contributed by atoms with van der Waals surface area (Å²) < 4.78 is 5.67. The molecule has 3 nitrogen and oxygen atoms in total. The van der Waals surface area contributed by atoms with Crippen molar-refractivity contribution in [2.45, 2.75) is 11.8 Å². The Kier molecular flexibility index (Phi) is 4.97. The Morgan fingerprint density at radius 2 is 1.88 bits per heavy atom. The largest absolute Gasteiger partial charge is 0.468 e. The molecule has 0 fully saturated rings. The summed E-state index contributed by atoms with van der Waals surface area (Å²) in [4.78, 5) is 24.7. The lowest BCUT2D eigenvalue weighted by Crippen LogP contribution is -2.18. The van der Waals surface area contributed by atoms with Crippen LogP contribution >= 0.6 is 22.9 Å². The summed E-state index contributed by atoms with van der Waals surface area (Å²) in [7, 11) is 1.32. The van der Waals surface area contributed by atoms with Gasteiger partial charge in [0.15, 0.2) is 0 Å².